The number of nitrogens with zero attached hydrogens (tertiary/aromatic N) is 3. The van der Waals surface area contributed by atoms with Gasteiger partial charge in [-0.15, -0.1) is 0 Å². The van der Waals surface area contributed by atoms with E-state index in [4.69, 9.17) is 9.72 Å². The lowest BCUT2D eigenvalue weighted by Crippen LogP contribution is -2.45. The second-order valence-electron chi connectivity index (χ2n) is 9.23. The maximum absolute atomic E-state index is 13.0. The van der Waals surface area contributed by atoms with Gasteiger partial charge < -0.3 is 4.74 Å². The van der Waals surface area contributed by atoms with Crippen molar-refractivity contribution < 1.29 is 9.53 Å². The molecule has 1 aliphatic heterocycles. The van der Waals surface area contributed by atoms with E-state index in [0.717, 1.165) is 44.6 Å². The minimum atomic E-state index is -0.506. The number of piperidine rings is 1. The Labute approximate surface area is 170 Å². The van der Waals surface area contributed by atoms with Crippen LogP contribution in [-0.4, -0.2) is 40.7 Å². The molecule has 1 amide bonds. The summed E-state index contributed by atoms with van der Waals surface area (Å²) in [6.07, 6.45) is 11.1. The fourth-order valence-corrected chi connectivity index (χ4v) is 4.56. The minimum absolute atomic E-state index is 0.184. The van der Waals surface area contributed by atoms with Crippen LogP contribution in [0.4, 0.5) is 10.6 Å². The van der Waals surface area contributed by atoms with E-state index in [0.29, 0.717) is 6.04 Å². The number of hydrogen-bond acceptors (Lipinski definition) is 4. The summed E-state index contributed by atoms with van der Waals surface area (Å²) < 4.78 is 5.73. The third kappa shape index (κ3) is 5.25. The van der Waals surface area contributed by atoms with Crippen molar-refractivity contribution in [3.05, 3.63) is 23.9 Å². The van der Waals surface area contributed by atoms with Gasteiger partial charge in [-0.1, -0.05) is 38.7 Å². The van der Waals surface area contributed by atoms with Crippen molar-refractivity contribution in [1.82, 2.24) is 9.88 Å². The largest absolute Gasteiger partial charge is 0.443 e. The molecule has 0 radical (unpaired) electrons. The van der Waals surface area contributed by atoms with Gasteiger partial charge in [-0.3, -0.25) is 9.80 Å². The maximum atomic E-state index is 13.0. The predicted octanol–water partition coefficient (Wildman–Crippen LogP) is 5.70. The van der Waals surface area contributed by atoms with Gasteiger partial charge in [0.05, 0.1) is 0 Å². The Morgan fingerprint density at radius 3 is 2.46 bits per heavy atom. The van der Waals surface area contributed by atoms with E-state index in [1.807, 2.05) is 37.9 Å². The van der Waals surface area contributed by atoms with E-state index >= 15 is 0 Å². The smallest absolute Gasteiger partial charge is 0.416 e. The van der Waals surface area contributed by atoms with Gasteiger partial charge in [0.1, 0.15) is 11.4 Å². The molecule has 0 aromatic carbocycles. The zero-order valence-electron chi connectivity index (χ0n) is 18.1. The average Bonchev–Trinajstić information content (AvgIpc) is 2.68. The molecule has 1 aromatic heterocycles. The van der Waals surface area contributed by atoms with Crippen LogP contribution in [0.5, 0.6) is 0 Å². The first-order valence-electron chi connectivity index (χ1n) is 11.1. The maximum Gasteiger partial charge on any atom is 0.416 e. The topological polar surface area (TPSA) is 45.7 Å². The molecule has 1 saturated carbocycles. The SMILES string of the molecule is CCN1CCCC[C@H]1c1ccc(N(C(=O)OC(C)(C)C)C2CCCCC2)nc1. The highest BCUT2D eigenvalue weighted by molar-refractivity contribution is 5.87. The van der Waals surface area contributed by atoms with Crippen molar-refractivity contribution in [3.63, 3.8) is 0 Å². The molecule has 0 bridgehead atoms. The molecule has 0 spiro atoms. The summed E-state index contributed by atoms with van der Waals surface area (Å²) in [5, 5.41) is 0. The van der Waals surface area contributed by atoms with Crippen molar-refractivity contribution in [3.8, 4) is 0 Å². The van der Waals surface area contributed by atoms with E-state index in [9.17, 15) is 4.79 Å². The van der Waals surface area contributed by atoms with Crippen LogP contribution in [0.25, 0.3) is 0 Å². The zero-order valence-corrected chi connectivity index (χ0v) is 18.1. The molecule has 5 heteroatoms. The van der Waals surface area contributed by atoms with Crippen LogP contribution in [0, 0.1) is 0 Å². The monoisotopic (exact) mass is 387 g/mol. The van der Waals surface area contributed by atoms with Gasteiger partial charge >= 0.3 is 6.09 Å². The molecule has 1 aromatic rings. The van der Waals surface area contributed by atoms with Gasteiger partial charge in [0.2, 0.25) is 0 Å². The first-order chi connectivity index (χ1) is 13.4. The molecule has 1 saturated heterocycles. The fraction of sp³-hybridized carbons (Fsp3) is 0.739. The Morgan fingerprint density at radius 2 is 1.86 bits per heavy atom. The lowest BCUT2D eigenvalue weighted by atomic mass is 9.94. The van der Waals surface area contributed by atoms with Gasteiger partial charge in [-0.25, -0.2) is 9.78 Å². The van der Waals surface area contributed by atoms with Gasteiger partial charge in [0.25, 0.3) is 0 Å². The third-order valence-corrected chi connectivity index (χ3v) is 5.95. The van der Waals surface area contributed by atoms with E-state index in [1.165, 1.54) is 31.2 Å². The molecule has 2 aliphatic rings. The molecule has 0 N–H and O–H groups in total. The predicted molar refractivity (Wildman–Crippen MR) is 114 cm³/mol. The highest BCUT2D eigenvalue weighted by atomic mass is 16.6. The molecule has 3 rings (SSSR count). The molecule has 156 valence electrons. The highest BCUT2D eigenvalue weighted by Crippen LogP contribution is 2.32. The summed E-state index contributed by atoms with van der Waals surface area (Å²) in [6, 6.07) is 4.83. The quantitative estimate of drug-likeness (QED) is 0.664. The summed E-state index contributed by atoms with van der Waals surface area (Å²) in [7, 11) is 0. The van der Waals surface area contributed by atoms with Crippen LogP contribution in [0.3, 0.4) is 0 Å². The Hall–Kier alpha value is -1.62. The van der Waals surface area contributed by atoms with Crippen LogP contribution in [0.15, 0.2) is 18.3 Å². The number of pyridine rings is 1. The first-order valence-corrected chi connectivity index (χ1v) is 11.1. The Bertz CT molecular complexity index is 632. The fourth-order valence-electron chi connectivity index (χ4n) is 4.56. The summed E-state index contributed by atoms with van der Waals surface area (Å²) in [6.45, 7) is 10.2. The number of likely N-dealkylation sites (tertiary alicyclic amines) is 1. The van der Waals surface area contributed by atoms with E-state index in [-0.39, 0.29) is 12.1 Å². The minimum Gasteiger partial charge on any atom is -0.443 e. The standard InChI is InChI=1S/C23H37N3O2/c1-5-25-16-10-9-13-20(25)18-14-15-21(24-17-18)26(19-11-7-6-8-12-19)22(27)28-23(2,3)4/h14-15,17,19-20H,5-13,16H2,1-4H3/t20-/m0/s1. The Morgan fingerprint density at radius 1 is 1.14 bits per heavy atom. The number of rotatable bonds is 4. The molecule has 2 heterocycles. The second-order valence-corrected chi connectivity index (χ2v) is 9.23. The summed E-state index contributed by atoms with van der Waals surface area (Å²) in [5.74, 6) is 0.726. The molecule has 2 fully saturated rings. The summed E-state index contributed by atoms with van der Waals surface area (Å²) >= 11 is 0. The molecule has 1 atom stereocenters. The van der Waals surface area contributed by atoms with Gasteiger partial charge in [0.15, 0.2) is 0 Å². The van der Waals surface area contributed by atoms with Crippen molar-refractivity contribution in [2.24, 2.45) is 0 Å². The Balaban J connectivity index is 1.82. The number of carbonyl (C=O) groups excluding carboxylic acids is 1. The molecule has 5 nitrogen and oxygen atoms in total. The van der Waals surface area contributed by atoms with Crippen LogP contribution in [-0.2, 0) is 4.74 Å². The molecular formula is C23H37N3O2. The summed E-state index contributed by atoms with van der Waals surface area (Å²) in [5.41, 5.74) is 0.756. The highest BCUT2D eigenvalue weighted by Gasteiger charge is 2.32. The number of amides is 1. The number of hydrogen-bond donors (Lipinski definition) is 0. The molecular weight excluding hydrogens is 350 g/mol. The molecule has 28 heavy (non-hydrogen) atoms. The third-order valence-electron chi connectivity index (χ3n) is 5.95. The van der Waals surface area contributed by atoms with Crippen molar-refractivity contribution in [2.75, 3.05) is 18.0 Å². The number of aromatic nitrogens is 1. The first kappa shape index (κ1) is 21.1. The van der Waals surface area contributed by atoms with Crippen LogP contribution in [0.2, 0.25) is 0 Å². The molecule has 1 aliphatic carbocycles. The van der Waals surface area contributed by atoms with Crippen molar-refractivity contribution in [1.29, 1.82) is 0 Å². The Kier molecular flexibility index (Phi) is 6.97. The average molecular weight is 388 g/mol. The second kappa shape index (κ2) is 9.25. The lowest BCUT2D eigenvalue weighted by molar-refractivity contribution is 0.0556. The van der Waals surface area contributed by atoms with Crippen LogP contribution >= 0.6 is 0 Å². The zero-order chi connectivity index (χ0) is 20.1. The normalized spacial score (nSPS) is 22.1. The van der Waals surface area contributed by atoms with Crippen molar-refractivity contribution >= 4 is 11.9 Å². The van der Waals surface area contributed by atoms with Gasteiger partial charge in [0, 0.05) is 18.3 Å². The molecule has 0 unspecified atom stereocenters. The number of carbonyl (C=O) groups is 1. The summed E-state index contributed by atoms with van der Waals surface area (Å²) in [4.78, 5) is 22.1. The van der Waals surface area contributed by atoms with Gasteiger partial charge in [-0.05, 0) is 71.2 Å². The van der Waals surface area contributed by atoms with Crippen LogP contribution in [0.1, 0.15) is 90.7 Å². The number of anilines is 1. The van der Waals surface area contributed by atoms with Gasteiger partial charge in [-0.2, -0.15) is 0 Å². The van der Waals surface area contributed by atoms with Crippen LogP contribution < -0.4 is 4.90 Å². The van der Waals surface area contributed by atoms with E-state index in [2.05, 4.69) is 17.9 Å². The number of ether oxygens (including phenoxy) is 1. The van der Waals surface area contributed by atoms with E-state index < -0.39 is 5.60 Å². The lowest BCUT2D eigenvalue weighted by Gasteiger charge is -2.36. The van der Waals surface area contributed by atoms with E-state index in [1.54, 1.807) is 0 Å². The van der Waals surface area contributed by atoms with Crippen molar-refractivity contribution in [2.45, 2.75) is 96.7 Å².